The SMILES string of the molecule is CC1CC(=O)C=C(Cc2coc(Br)c2)C1. The number of hydrogen-bond acceptors (Lipinski definition) is 2. The van der Waals surface area contributed by atoms with Crippen LogP contribution in [0.1, 0.15) is 25.3 Å². The van der Waals surface area contributed by atoms with Gasteiger partial charge in [0.25, 0.3) is 0 Å². The van der Waals surface area contributed by atoms with Gasteiger partial charge in [-0.1, -0.05) is 12.5 Å². The molecule has 0 aromatic carbocycles. The van der Waals surface area contributed by atoms with Crippen LogP contribution in [0.2, 0.25) is 0 Å². The van der Waals surface area contributed by atoms with Gasteiger partial charge in [0.1, 0.15) is 0 Å². The summed E-state index contributed by atoms with van der Waals surface area (Å²) in [4.78, 5) is 11.4. The second-order valence-electron chi connectivity index (χ2n) is 4.22. The molecule has 0 saturated heterocycles. The first kappa shape index (κ1) is 10.7. The summed E-state index contributed by atoms with van der Waals surface area (Å²) in [7, 11) is 0. The van der Waals surface area contributed by atoms with Crippen molar-refractivity contribution in [3.63, 3.8) is 0 Å². The Hall–Kier alpha value is -0.830. The summed E-state index contributed by atoms with van der Waals surface area (Å²) in [5.41, 5.74) is 2.34. The minimum Gasteiger partial charge on any atom is -0.457 e. The zero-order chi connectivity index (χ0) is 10.8. The topological polar surface area (TPSA) is 30.2 Å². The number of halogens is 1. The van der Waals surface area contributed by atoms with Gasteiger partial charge in [0.05, 0.1) is 6.26 Å². The summed E-state index contributed by atoms with van der Waals surface area (Å²) in [5.74, 6) is 0.735. The van der Waals surface area contributed by atoms with E-state index < -0.39 is 0 Å². The average molecular weight is 269 g/mol. The van der Waals surface area contributed by atoms with Crippen LogP contribution in [0.5, 0.6) is 0 Å². The van der Waals surface area contributed by atoms with Crippen LogP contribution in [0.4, 0.5) is 0 Å². The van der Waals surface area contributed by atoms with Gasteiger partial charge in [0.2, 0.25) is 0 Å². The third-order valence-electron chi connectivity index (χ3n) is 2.58. The summed E-state index contributed by atoms with van der Waals surface area (Å²) < 4.78 is 5.91. The molecule has 0 radical (unpaired) electrons. The Morgan fingerprint density at radius 2 is 2.33 bits per heavy atom. The molecule has 1 heterocycles. The van der Waals surface area contributed by atoms with E-state index >= 15 is 0 Å². The lowest BCUT2D eigenvalue weighted by Crippen LogP contribution is -2.12. The molecular formula is C12H13BrO2. The highest BCUT2D eigenvalue weighted by Gasteiger charge is 2.17. The Morgan fingerprint density at radius 1 is 1.53 bits per heavy atom. The van der Waals surface area contributed by atoms with E-state index in [9.17, 15) is 4.79 Å². The largest absolute Gasteiger partial charge is 0.457 e. The minimum absolute atomic E-state index is 0.256. The molecular weight excluding hydrogens is 256 g/mol. The van der Waals surface area contributed by atoms with Gasteiger partial charge in [-0.25, -0.2) is 0 Å². The highest BCUT2D eigenvalue weighted by molar-refractivity contribution is 9.10. The monoisotopic (exact) mass is 268 g/mol. The number of carbonyl (C=O) groups is 1. The van der Waals surface area contributed by atoms with Crippen LogP contribution in [-0.2, 0) is 11.2 Å². The molecule has 1 aromatic rings. The number of furan rings is 1. The fraction of sp³-hybridized carbons (Fsp3) is 0.417. The van der Waals surface area contributed by atoms with Crippen molar-refractivity contribution < 1.29 is 9.21 Å². The van der Waals surface area contributed by atoms with Crippen LogP contribution in [0.15, 0.2) is 33.1 Å². The molecule has 0 amide bonds. The average Bonchev–Trinajstić information content (AvgIpc) is 2.49. The fourth-order valence-electron chi connectivity index (χ4n) is 2.03. The molecule has 0 spiro atoms. The Balaban J connectivity index is 2.09. The quantitative estimate of drug-likeness (QED) is 0.822. The summed E-state index contributed by atoms with van der Waals surface area (Å²) in [6.45, 7) is 2.12. The number of hydrogen-bond donors (Lipinski definition) is 0. The van der Waals surface area contributed by atoms with Crippen molar-refractivity contribution in [2.75, 3.05) is 0 Å². The molecule has 1 aliphatic rings. The summed E-state index contributed by atoms with van der Waals surface area (Å²) in [6.07, 6.45) is 6.06. The highest BCUT2D eigenvalue weighted by Crippen LogP contribution is 2.25. The lowest BCUT2D eigenvalue weighted by atomic mass is 9.87. The van der Waals surface area contributed by atoms with E-state index in [1.165, 1.54) is 5.57 Å². The van der Waals surface area contributed by atoms with Crippen molar-refractivity contribution in [2.24, 2.45) is 5.92 Å². The maximum Gasteiger partial charge on any atom is 0.169 e. The molecule has 3 heteroatoms. The zero-order valence-electron chi connectivity index (χ0n) is 8.63. The van der Waals surface area contributed by atoms with Gasteiger partial charge in [-0.2, -0.15) is 0 Å². The normalized spacial score (nSPS) is 21.6. The van der Waals surface area contributed by atoms with E-state index in [1.54, 1.807) is 12.3 Å². The summed E-state index contributed by atoms with van der Waals surface area (Å²) >= 11 is 3.27. The fourth-order valence-corrected chi connectivity index (χ4v) is 2.42. The van der Waals surface area contributed by atoms with Gasteiger partial charge in [-0.05, 0) is 52.4 Å². The van der Waals surface area contributed by atoms with E-state index in [1.807, 2.05) is 6.07 Å². The maximum atomic E-state index is 11.4. The number of allylic oxidation sites excluding steroid dienone is 2. The predicted octanol–water partition coefficient (Wildman–Crippen LogP) is 3.51. The molecule has 2 nitrogen and oxygen atoms in total. The van der Waals surface area contributed by atoms with Crippen LogP contribution >= 0.6 is 15.9 Å². The smallest absolute Gasteiger partial charge is 0.169 e. The lowest BCUT2D eigenvalue weighted by Gasteiger charge is -2.17. The van der Waals surface area contributed by atoms with E-state index in [0.717, 1.165) is 23.1 Å². The van der Waals surface area contributed by atoms with Gasteiger partial charge in [0.15, 0.2) is 10.5 Å². The Bertz CT molecular complexity index is 404. The van der Waals surface area contributed by atoms with Crippen LogP contribution in [0.25, 0.3) is 0 Å². The number of ketones is 1. The maximum absolute atomic E-state index is 11.4. The van der Waals surface area contributed by atoms with Crippen molar-refractivity contribution in [3.8, 4) is 0 Å². The molecule has 0 N–H and O–H groups in total. The van der Waals surface area contributed by atoms with E-state index in [2.05, 4.69) is 22.9 Å². The van der Waals surface area contributed by atoms with Crippen LogP contribution in [0, 0.1) is 5.92 Å². The number of carbonyl (C=O) groups excluding carboxylic acids is 1. The van der Waals surface area contributed by atoms with Gasteiger partial charge < -0.3 is 4.42 Å². The van der Waals surface area contributed by atoms with Crippen LogP contribution in [0.3, 0.4) is 0 Å². The molecule has 2 rings (SSSR count). The predicted molar refractivity (Wildman–Crippen MR) is 61.6 cm³/mol. The first-order chi connectivity index (χ1) is 7.13. The van der Waals surface area contributed by atoms with Gasteiger partial charge in [0, 0.05) is 6.42 Å². The zero-order valence-corrected chi connectivity index (χ0v) is 10.2. The molecule has 1 atom stereocenters. The van der Waals surface area contributed by atoms with Crippen LogP contribution < -0.4 is 0 Å². The summed E-state index contributed by atoms with van der Waals surface area (Å²) in [6, 6.07) is 1.95. The second kappa shape index (κ2) is 4.35. The molecule has 80 valence electrons. The van der Waals surface area contributed by atoms with Crippen molar-refractivity contribution in [1.29, 1.82) is 0 Å². The lowest BCUT2D eigenvalue weighted by molar-refractivity contribution is -0.115. The van der Waals surface area contributed by atoms with E-state index in [0.29, 0.717) is 12.3 Å². The molecule has 0 bridgehead atoms. The molecule has 1 aliphatic carbocycles. The molecule has 0 aliphatic heterocycles. The van der Waals surface area contributed by atoms with Gasteiger partial charge >= 0.3 is 0 Å². The molecule has 15 heavy (non-hydrogen) atoms. The molecule has 1 aromatic heterocycles. The standard InChI is InChI=1S/C12H13BrO2/c1-8-2-9(5-11(14)3-8)4-10-6-12(13)15-7-10/h5-8H,2-4H2,1H3. The van der Waals surface area contributed by atoms with Crippen LogP contribution in [-0.4, -0.2) is 5.78 Å². The van der Waals surface area contributed by atoms with E-state index in [-0.39, 0.29) is 5.78 Å². The minimum atomic E-state index is 0.256. The van der Waals surface area contributed by atoms with Crippen molar-refractivity contribution in [3.05, 3.63) is 34.2 Å². The Kier molecular flexibility index (Phi) is 3.10. The van der Waals surface area contributed by atoms with E-state index in [4.69, 9.17) is 4.42 Å². The third-order valence-corrected chi connectivity index (χ3v) is 2.99. The molecule has 0 fully saturated rings. The molecule has 0 saturated carbocycles. The van der Waals surface area contributed by atoms with Crippen molar-refractivity contribution in [2.45, 2.75) is 26.2 Å². The van der Waals surface area contributed by atoms with Crippen molar-refractivity contribution >= 4 is 21.7 Å². The van der Waals surface area contributed by atoms with Gasteiger partial charge in [-0.15, -0.1) is 0 Å². The molecule has 1 unspecified atom stereocenters. The Morgan fingerprint density at radius 3 is 2.93 bits per heavy atom. The van der Waals surface area contributed by atoms with Gasteiger partial charge in [-0.3, -0.25) is 4.79 Å². The summed E-state index contributed by atoms with van der Waals surface area (Å²) in [5, 5.41) is 0. The second-order valence-corrected chi connectivity index (χ2v) is 5.00. The number of rotatable bonds is 2. The third kappa shape index (κ3) is 2.81. The first-order valence-electron chi connectivity index (χ1n) is 5.08. The Labute approximate surface area is 97.5 Å². The first-order valence-corrected chi connectivity index (χ1v) is 5.88. The highest BCUT2D eigenvalue weighted by atomic mass is 79.9. The van der Waals surface area contributed by atoms with Crippen molar-refractivity contribution in [1.82, 2.24) is 0 Å².